The summed E-state index contributed by atoms with van der Waals surface area (Å²) in [5.41, 5.74) is 5.71. The maximum absolute atomic E-state index is 9.35. The Morgan fingerprint density at radius 1 is 1.54 bits per heavy atom. The van der Waals surface area contributed by atoms with Gasteiger partial charge in [0.25, 0.3) is 0 Å². The summed E-state index contributed by atoms with van der Waals surface area (Å²) in [5.74, 6) is 0. The minimum absolute atomic E-state index is 0.241. The smallest absolute Gasteiger partial charge is 0.0639 e. The summed E-state index contributed by atoms with van der Waals surface area (Å²) in [4.78, 5) is 2.36. The third-order valence-electron chi connectivity index (χ3n) is 2.94. The van der Waals surface area contributed by atoms with Crippen LogP contribution in [0.4, 0.5) is 0 Å². The second-order valence-electron chi connectivity index (χ2n) is 4.22. The maximum Gasteiger partial charge on any atom is 0.0639 e. The van der Waals surface area contributed by atoms with E-state index in [9.17, 15) is 5.11 Å². The number of β-amino-alcohol motifs (C(OH)–C–C–N with tert-alkyl or cyclic N) is 1. The van der Waals surface area contributed by atoms with Crippen molar-refractivity contribution in [2.24, 2.45) is 5.73 Å². The molecule has 1 heterocycles. The second-order valence-corrected chi connectivity index (χ2v) is 4.22. The summed E-state index contributed by atoms with van der Waals surface area (Å²) in [6, 6.07) is 1.07. The molecule has 3 heteroatoms. The van der Waals surface area contributed by atoms with E-state index in [-0.39, 0.29) is 6.10 Å². The molecule has 0 radical (unpaired) electrons. The molecule has 1 fully saturated rings. The first-order valence-electron chi connectivity index (χ1n) is 5.29. The van der Waals surface area contributed by atoms with Crippen LogP contribution >= 0.6 is 0 Å². The van der Waals surface area contributed by atoms with E-state index in [0.717, 1.165) is 13.1 Å². The number of nitrogens with zero attached hydrogens (tertiary/aromatic N) is 1. The molecule has 0 saturated carbocycles. The zero-order chi connectivity index (χ0) is 9.84. The average Bonchev–Trinajstić information content (AvgIpc) is 2.08. The highest BCUT2D eigenvalue weighted by molar-refractivity contribution is 4.83. The van der Waals surface area contributed by atoms with Gasteiger partial charge in [-0.1, -0.05) is 6.42 Å². The van der Waals surface area contributed by atoms with Crippen LogP contribution in [-0.2, 0) is 0 Å². The zero-order valence-electron chi connectivity index (χ0n) is 8.74. The van der Waals surface area contributed by atoms with Gasteiger partial charge in [-0.25, -0.2) is 0 Å². The van der Waals surface area contributed by atoms with Crippen molar-refractivity contribution in [2.45, 2.75) is 51.3 Å². The molecule has 1 aliphatic rings. The van der Waals surface area contributed by atoms with Crippen molar-refractivity contribution in [1.29, 1.82) is 0 Å². The van der Waals surface area contributed by atoms with Crippen molar-refractivity contribution in [3.63, 3.8) is 0 Å². The molecule has 1 rings (SSSR count). The van der Waals surface area contributed by atoms with Gasteiger partial charge in [0.1, 0.15) is 0 Å². The van der Waals surface area contributed by atoms with Gasteiger partial charge in [-0.3, -0.25) is 4.90 Å². The number of hydrogen-bond donors (Lipinski definition) is 2. The van der Waals surface area contributed by atoms with Gasteiger partial charge in [0.2, 0.25) is 0 Å². The number of aliphatic hydroxyl groups excluding tert-OH is 1. The Kier molecular flexibility index (Phi) is 4.16. The molecule has 13 heavy (non-hydrogen) atoms. The van der Waals surface area contributed by atoms with Gasteiger partial charge in [-0.2, -0.15) is 0 Å². The van der Waals surface area contributed by atoms with E-state index >= 15 is 0 Å². The standard InChI is InChI=1S/C10H22N2O/c1-8-4-3-5-10(6-11)12(8)7-9(2)13/h8-10,13H,3-7,11H2,1-2H3. The van der Waals surface area contributed by atoms with Crippen LogP contribution in [0.15, 0.2) is 0 Å². The lowest BCUT2D eigenvalue weighted by Gasteiger charge is -2.40. The van der Waals surface area contributed by atoms with Gasteiger partial charge in [-0.05, 0) is 26.7 Å². The molecule has 0 aliphatic carbocycles. The molecular weight excluding hydrogens is 164 g/mol. The molecule has 3 N–H and O–H groups in total. The molecule has 3 atom stereocenters. The largest absolute Gasteiger partial charge is 0.392 e. The van der Waals surface area contributed by atoms with Crippen LogP contribution in [0.2, 0.25) is 0 Å². The zero-order valence-corrected chi connectivity index (χ0v) is 8.74. The fraction of sp³-hybridized carbons (Fsp3) is 1.00. The Morgan fingerprint density at radius 3 is 2.77 bits per heavy atom. The highest BCUT2D eigenvalue weighted by Crippen LogP contribution is 2.22. The van der Waals surface area contributed by atoms with Gasteiger partial charge in [-0.15, -0.1) is 0 Å². The Hall–Kier alpha value is -0.120. The third kappa shape index (κ3) is 2.93. The molecule has 78 valence electrons. The topological polar surface area (TPSA) is 49.5 Å². The summed E-state index contributed by atoms with van der Waals surface area (Å²) in [7, 11) is 0. The number of rotatable bonds is 3. The van der Waals surface area contributed by atoms with E-state index in [1.165, 1.54) is 19.3 Å². The molecule has 0 aromatic carbocycles. The van der Waals surface area contributed by atoms with E-state index in [1.54, 1.807) is 0 Å². The Labute approximate surface area is 80.9 Å². The SMILES string of the molecule is CC(O)CN1C(C)CCCC1CN. The molecule has 0 aromatic rings. The summed E-state index contributed by atoms with van der Waals surface area (Å²) >= 11 is 0. The lowest BCUT2D eigenvalue weighted by molar-refractivity contribution is 0.0452. The van der Waals surface area contributed by atoms with Gasteiger partial charge in [0, 0.05) is 25.2 Å². The van der Waals surface area contributed by atoms with E-state index in [1.807, 2.05) is 6.92 Å². The molecule has 1 aliphatic heterocycles. The number of hydrogen-bond acceptors (Lipinski definition) is 3. The highest BCUT2D eigenvalue weighted by Gasteiger charge is 2.27. The molecule has 1 saturated heterocycles. The van der Waals surface area contributed by atoms with Crippen LogP contribution in [0.25, 0.3) is 0 Å². The van der Waals surface area contributed by atoms with Crippen LogP contribution in [0, 0.1) is 0 Å². The lowest BCUT2D eigenvalue weighted by Crippen LogP contribution is -2.51. The fourth-order valence-corrected chi connectivity index (χ4v) is 2.23. The Balaban J connectivity index is 2.51. The van der Waals surface area contributed by atoms with Crippen LogP contribution in [0.5, 0.6) is 0 Å². The van der Waals surface area contributed by atoms with Crippen molar-refractivity contribution in [3.05, 3.63) is 0 Å². The van der Waals surface area contributed by atoms with Crippen LogP contribution < -0.4 is 5.73 Å². The van der Waals surface area contributed by atoms with Crippen LogP contribution in [0.3, 0.4) is 0 Å². The molecule has 0 bridgehead atoms. The Bertz CT molecular complexity index is 150. The first-order valence-corrected chi connectivity index (χ1v) is 5.29. The predicted octanol–water partition coefficient (Wildman–Crippen LogP) is 0.569. The first kappa shape index (κ1) is 11.0. The minimum atomic E-state index is -0.241. The number of nitrogens with two attached hydrogens (primary N) is 1. The molecule has 0 amide bonds. The van der Waals surface area contributed by atoms with Crippen molar-refractivity contribution in [2.75, 3.05) is 13.1 Å². The first-order chi connectivity index (χ1) is 6.15. The second kappa shape index (κ2) is 4.94. The van der Waals surface area contributed by atoms with E-state index in [4.69, 9.17) is 5.73 Å². The number of likely N-dealkylation sites (tertiary alicyclic amines) is 1. The van der Waals surface area contributed by atoms with Crippen molar-refractivity contribution < 1.29 is 5.11 Å². The minimum Gasteiger partial charge on any atom is -0.392 e. The number of piperidine rings is 1. The summed E-state index contributed by atoms with van der Waals surface area (Å²) < 4.78 is 0. The van der Waals surface area contributed by atoms with Gasteiger partial charge in [0.15, 0.2) is 0 Å². The predicted molar refractivity (Wildman–Crippen MR) is 54.5 cm³/mol. The van der Waals surface area contributed by atoms with Crippen LogP contribution in [0.1, 0.15) is 33.1 Å². The van der Waals surface area contributed by atoms with Crippen LogP contribution in [-0.4, -0.2) is 41.3 Å². The highest BCUT2D eigenvalue weighted by atomic mass is 16.3. The normalized spacial score (nSPS) is 33.2. The number of aliphatic hydroxyl groups is 1. The maximum atomic E-state index is 9.35. The Morgan fingerprint density at radius 2 is 2.23 bits per heavy atom. The molecular formula is C10H22N2O. The van der Waals surface area contributed by atoms with E-state index in [0.29, 0.717) is 12.1 Å². The fourth-order valence-electron chi connectivity index (χ4n) is 2.23. The van der Waals surface area contributed by atoms with Crippen molar-refractivity contribution >= 4 is 0 Å². The monoisotopic (exact) mass is 186 g/mol. The van der Waals surface area contributed by atoms with Gasteiger partial charge in [0.05, 0.1) is 6.10 Å². The van der Waals surface area contributed by atoms with Gasteiger partial charge >= 0.3 is 0 Å². The van der Waals surface area contributed by atoms with E-state index < -0.39 is 0 Å². The van der Waals surface area contributed by atoms with Crippen molar-refractivity contribution in [1.82, 2.24) is 4.90 Å². The molecule has 3 nitrogen and oxygen atoms in total. The van der Waals surface area contributed by atoms with Gasteiger partial charge < -0.3 is 10.8 Å². The molecule has 3 unspecified atom stereocenters. The quantitative estimate of drug-likeness (QED) is 0.677. The van der Waals surface area contributed by atoms with E-state index in [2.05, 4.69) is 11.8 Å². The summed E-state index contributed by atoms with van der Waals surface area (Å²) in [6.45, 7) is 5.55. The summed E-state index contributed by atoms with van der Waals surface area (Å²) in [5, 5.41) is 9.35. The molecule has 0 aromatic heterocycles. The average molecular weight is 186 g/mol. The third-order valence-corrected chi connectivity index (χ3v) is 2.94. The van der Waals surface area contributed by atoms with Crippen molar-refractivity contribution in [3.8, 4) is 0 Å². The lowest BCUT2D eigenvalue weighted by atomic mass is 9.96. The summed E-state index contributed by atoms with van der Waals surface area (Å²) in [6.07, 6.45) is 3.46. The molecule has 0 spiro atoms.